The second kappa shape index (κ2) is 13.5. The van der Waals surface area contributed by atoms with E-state index in [1.807, 2.05) is 45.0 Å². The molecule has 1 aliphatic rings. The van der Waals surface area contributed by atoms with Crippen LogP contribution < -0.4 is 16.4 Å². The molecule has 1 fully saturated rings. The number of nitrogens with two attached hydrogens (primary N) is 1. The Bertz CT molecular complexity index is 723. The van der Waals surface area contributed by atoms with Gasteiger partial charge in [0.1, 0.15) is 0 Å². The molecule has 7 nitrogen and oxygen atoms in total. The van der Waals surface area contributed by atoms with Crippen LogP contribution in [0.15, 0.2) is 29.3 Å². The summed E-state index contributed by atoms with van der Waals surface area (Å²) in [4.78, 5) is 30.3. The highest BCUT2D eigenvalue weighted by atomic mass is 127. The summed E-state index contributed by atoms with van der Waals surface area (Å²) in [6, 6.07) is 7.82. The summed E-state index contributed by atoms with van der Waals surface area (Å²) in [6.45, 7) is 9.12. The van der Waals surface area contributed by atoms with E-state index >= 15 is 0 Å². The first kappa shape index (κ1) is 26.2. The molecule has 1 heterocycles. The Morgan fingerprint density at radius 3 is 2.77 bits per heavy atom. The molecule has 2 amide bonds. The van der Waals surface area contributed by atoms with Crippen molar-refractivity contribution in [3.8, 4) is 0 Å². The molecule has 1 saturated heterocycles. The van der Waals surface area contributed by atoms with Crippen LogP contribution in [-0.4, -0.2) is 42.3 Å². The van der Waals surface area contributed by atoms with E-state index in [-0.39, 0.29) is 41.7 Å². The van der Waals surface area contributed by atoms with Crippen LogP contribution in [0.2, 0.25) is 0 Å². The van der Waals surface area contributed by atoms with Gasteiger partial charge in [-0.1, -0.05) is 26.0 Å². The highest BCUT2D eigenvalue weighted by Gasteiger charge is 2.23. The molecule has 0 saturated carbocycles. The van der Waals surface area contributed by atoms with Gasteiger partial charge in [0.2, 0.25) is 11.8 Å². The van der Waals surface area contributed by atoms with E-state index in [9.17, 15) is 9.59 Å². The summed E-state index contributed by atoms with van der Waals surface area (Å²) in [5.74, 6) is 1.26. The molecule has 30 heavy (non-hydrogen) atoms. The van der Waals surface area contributed by atoms with Gasteiger partial charge in [-0.25, -0.2) is 4.99 Å². The molecule has 0 aromatic heterocycles. The van der Waals surface area contributed by atoms with E-state index in [2.05, 4.69) is 15.5 Å². The van der Waals surface area contributed by atoms with E-state index in [1.54, 1.807) is 0 Å². The van der Waals surface area contributed by atoms with Crippen LogP contribution in [0.3, 0.4) is 0 Å². The first-order valence-corrected chi connectivity index (χ1v) is 10.6. The van der Waals surface area contributed by atoms with Crippen LogP contribution in [0, 0.1) is 11.8 Å². The van der Waals surface area contributed by atoms with Crippen molar-refractivity contribution in [2.24, 2.45) is 22.6 Å². The fourth-order valence-corrected chi connectivity index (χ4v) is 3.63. The van der Waals surface area contributed by atoms with Crippen LogP contribution in [0.5, 0.6) is 0 Å². The number of benzene rings is 1. The maximum Gasteiger partial charge on any atom is 0.224 e. The number of hydrogen-bond acceptors (Lipinski definition) is 3. The number of nitrogens with zero attached hydrogens (tertiary/aromatic N) is 2. The van der Waals surface area contributed by atoms with Crippen molar-refractivity contribution in [3.05, 3.63) is 29.8 Å². The zero-order valence-electron chi connectivity index (χ0n) is 18.3. The molecule has 1 unspecified atom stereocenters. The zero-order chi connectivity index (χ0) is 21.2. The number of piperidine rings is 1. The summed E-state index contributed by atoms with van der Waals surface area (Å²) < 4.78 is 0. The van der Waals surface area contributed by atoms with Crippen molar-refractivity contribution in [1.29, 1.82) is 0 Å². The zero-order valence-corrected chi connectivity index (χ0v) is 20.6. The van der Waals surface area contributed by atoms with E-state index in [0.29, 0.717) is 25.3 Å². The Morgan fingerprint density at radius 2 is 2.10 bits per heavy atom. The number of hydrogen-bond donors (Lipinski definition) is 3. The van der Waals surface area contributed by atoms with Gasteiger partial charge in [0, 0.05) is 38.2 Å². The number of halogens is 1. The molecule has 2 rings (SSSR count). The number of anilines is 1. The molecular formula is C22H36IN5O2. The lowest BCUT2D eigenvalue weighted by Gasteiger charge is -2.34. The molecule has 0 radical (unpaired) electrons. The third-order valence-electron chi connectivity index (χ3n) is 4.86. The van der Waals surface area contributed by atoms with Gasteiger partial charge in [-0.05, 0) is 49.3 Å². The summed E-state index contributed by atoms with van der Waals surface area (Å²) in [7, 11) is 0. The van der Waals surface area contributed by atoms with Gasteiger partial charge in [0.25, 0.3) is 0 Å². The van der Waals surface area contributed by atoms with Crippen molar-refractivity contribution in [2.45, 2.75) is 53.0 Å². The lowest BCUT2D eigenvalue weighted by atomic mass is 9.95. The van der Waals surface area contributed by atoms with Crippen LogP contribution >= 0.6 is 24.0 Å². The number of aliphatic imine (C=N–C) groups is 1. The lowest BCUT2D eigenvalue weighted by Crippen LogP contribution is -2.47. The minimum Gasteiger partial charge on any atom is -0.370 e. The molecule has 1 aliphatic heterocycles. The molecule has 1 aromatic rings. The van der Waals surface area contributed by atoms with Gasteiger partial charge in [-0.15, -0.1) is 24.0 Å². The van der Waals surface area contributed by atoms with Crippen molar-refractivity contribution in [3.63, 3.8) is 0 Å². The molecule has 168 valence electrons. The average molecular weight is 529 g/mol. The van der Waals surface area contributed by atoms with Gasteiger partial charge in [-0.3, -0.25) is 9.59 Å². The van der Waals surface area contributed by atoms with Crippen molar-refractivity contribution in [2.75, 3.05) is 25.0 Å². The number of amides is 2. The largest absolute Gasteiger partial charge is 0.370 e. The minimum absolute atomic E-state index is 0. The standard InChI is InChI=1S/C22H35N5O2.HI/c1-4-24-22(27-10-6-8-18(15-27)13-20(23)28)25-14-17-7-5-9-19(12-17)26-21(29)11-16(2)3;/h5,7,9,12,16,18H,4,6,8,10-11,13-15H2,1-3H3,(H2,23,28)(H,24,25)(H,26,29);1H. The third-order valence-corrected chi connectivity index (χ3v) is 4.86. The lowest BCUT2D eigenvalue weighted by molar-refractivity contribution is -0.119. The molecule has 0 spiro atoms. The van der Waals surface area contributed by atoms with E-state index in [4.69, 9.17) is 10.7 Å². The number of carbonyl (C=O) groups is 2. The Labute approximate surface area is 197 Å². The maximum atomic E-state index is 12.0. The molecular weight excluding hydrogens is 493 g/mol. The number of primary amides is 1. The summed E-state index contributed by atoms with van der Waals surface area (Å²) in [6.07, 6.45) is 2.99. The van der Waals surface area contributed by atoms with E-state index < -0.39 is 0 Å². The molecule has 1 atom stereocenters. The molecule has 1 aromatic carbocycles. The SMILES string of the molecule is CCNC(=NCc1cccc(NC(=O)CC(C)C)c1)N1CCCC(CC(N)=O)C1.I. The number of rotatable bonds is 8. The first-order valence-electron chi connectivity index (χ1n) is 10.6. The van der Waals surface area contributed by atoms with Gasteiger partial charge in [0.05, 0.1) is 6.54 Å². The second-order valence-corrected chi connectivity index (χ2v) is 8.14. The third kappa shape index (κ3) is 9.32. The van der Waals surface area contributed by atoms with Gasteiger partial charge in [-0.2, -0.15) is 0 Å². The molecule has 4 N–H and O–H groups in total. The molecule has 0 aliphatic carbocycles. The summed E-state index contributed by atoms with van der Waals surface area (Å²) >= 11 is 0. The van der Waals surface area contributed by atoms with E-state index in [1.165, 1.54) is 0 Å². The predicted molar refractivity (Wildman–Crippen MR) is 133 cm³/mol. The Balaban J connectivity index is 0.00000450. The van der Waals surface area contributed by atoms with E-state index in [0.717, 1.165) is 49.7 Å². The Morgan fingerprint density at radius 1 is 1.33 bits per heavy atom. The second-order valence-electron chi connectivity index (χ2n) is 8.14. The van der Waals surface area contributed by atoms with Crippen LogP contribution in [0.25, 0.3) is 0 Å². The number of nitrogens with one attached hydrogen (secondary N) is 2. The quantitative estimate of drug-likeness (QED) is 0.273. The number of guanidine groups is 1. The van der Waals surface area contributed by atoms with Gasteiger partial charge < -0.3 is 21.3 Å². The number of carbonyl (C=O) groups excluding carboxylic acids is 2. The van der Waals surface area contributed by atoms with Crippen LogP contribution in [0.4, 0.5) is 5.69 Å². The highest BCUT2D eigenvalue weighted by molar-refractivity contribution is 14.0. The Kier molecular flexibility index (Phi) is 11.8. The molecule has 0 bridgehead atoms. The predicted octanol–water partition coefficient (Wildman–Crippen LogP) is 3.34. The average Bonchev–Trinajstić information content (AvgIpc) is 2.64. The summed E-state index contributed by atoms with van der Waals surface area (Å²) in [5, 5.41) is 6.31. The Hall–Kier alpha value is -1.84. The maximum absolute atomic E-state index is 12.0. The van der Waals surface area contributed by atoms with Gasteiger partial charge in [0.15, 0.2) is 5.96 Å². The fourth-order valence-electron chi connectivity index (χ4n) is 3.63. The smallest absolute Gasteiger partial charge is 0.224 e. The van der Waals surface area contributed by atoms with Gasteiger partial charge >= 0.3 is 0 Å². The monoisotopic (exact) mass is 529 g/mol. The van der Waals surface area contributed by atoms with Crippen molar-refractivity contribution in [1.82, 2.24) is 10.2 Å². The first-order chi connectivity index (χ1) is 13.9. The molecule has 8 heteroatoms. The van der Waals surface area contributed by atoms with Crippen LogP contribution in [-0.2, 0) is 16.1 Å². The fraction of sp³-hybridized carbons (Fsp3) is 0.591. The topological polar surface area (TPSA) is 99.8 Å². The minimum atomic E-state index is -0.241. The number of likely N-dealkylation sites (tertiary alicyclic amines) is 1. The highest BCUT2D eigenvalue weighted by Crippen LogP contribution is 2.20. The van der Waals surface area contributed by atoms with Crippen molar-refractivity contribution < 1.29 is 9.59 Å². The normalized spacial score (nSPS) is 16.7. The van der Waals surface area contributed by atoms with Crippen LogP contribution in [0.1, 0.15) is 52.0 Å². The summed E-state index contributed by atoms with van der Waals surface area (Å²) in [5.41, 5.74) is 7.21. The van der Waals surface area contributed by atoms with Crippen molar-refractivity contribution >= 4 is 47.4 Å².